The van der Waals surface area contributed by atoms with Crippen LogP contribution in [0, 0.1) is 18.7 Å². The number of rotatable bonds is 6. The number of hydrogen-bond donors (Lipinski definition) is 1. The number of nitrogens with zero attached hydrogens (tertiary/aromatic N) is 2. The van der Waals surface area contributed by atoms with Gasteiger partial charge < -0.3 is 9.84 Å². The Morgan fingerprint density at radius 1 is 1.33 bits per heavy atom. The third-order valence-electron chi connectivity index (χ3n) is 4.94. The molecule has 1 unspecified atom stereocenters. The van der Waals surface area contributed by atoms with Crippen molar-refractivity contribution in [2.24, 2.45) is 5.92 Å². The number of piperidine rings is 1. The van der Waals surface area contributed by atoms with E-state index < -0.39 is 21.8 Å². The molecule has 9 heteroatoms. The highest BCUT2D eigenvalue weighted by atomic mass is 32.2. The molecule has 0 aliphatic carbocycles. The van der Waals surface area contributed by atoms with Gasteiger partial charge in [-0.25, -0.2) is 12.8 Å². The molecule has 1 amide bonds. The van der Waals surface area contributed by atoms with Crippen molar-refractivity contribution in [1.29, 1.82) is 0 Å². The number of aryl methyl sites for hydroxylation is 1. The third-order valence-corrected chi connectivity index (χ3v) is 6.96. The summed E-state index contributed by atoms with van der Waals surface area (Å²) >= 11 is 0. The zero-order valence-electron chi connectivity index (χ0n) is 17.3. The number of benzene rings is 1. The second-order valence-corrected chi connectivity index (χ2v) is 9.56. The summed E-state index contributed by atoms with van der Waals surface area (Å²) < 4.78 is 47.1. The van der Waals surface area contributed by atoms with E-state index in [0.717, 1.165) is 0 Å². The fourth-order valence-electron chi connectivity index (χ4n) is 3.48. The molecule has 1 aliphatic heterocycles. The quantitative estimate of drug-likeness (QED) is 0.752. The number of halogens is 1. The van der Waals surface area contributed by atoms with Gasteiger partial charge in [0.05, 0.1) is 5.92 Å². The monoisotopic (exact) mass is 435 g/mol. The zero-order chi connectivity index (χ0) is 21.9. The van der Waals surface area contributed by atoms with Gasteiger partial charge >= 0.3 is 0 Å². The number of carbonyl (C=O) groups excluding carboxylic acids is 1. The first-order chi connectivity index (χ1) is 14.2. The Morgan fingerprint density at radius 2 is 2.07 bits per heavy atom. The van der Waals surface area contributed by atoms with Gasteiger partial charge in [-0.1, -0.05) is 23.4 Å². The van der Waals surface area contributed by atoms with Gasteiger partial charge in [-0.15, -0.1) is 0 Å². The van der Waals surface area contributed by atoms with Crippen molar-refractivity contribution in [3.8, 4) is 0 Å². The highest BCUT2D eigenvalue weighted by Gasteiger charge is 2.37. The summed E-state index contributed by atoms with van der Waals surface area (Å²) in [6.45, 7) is 5.69. The molecule has 1 aromatic heterocycles. The second kappa shape index (κ2) is 9.09. The van der Waals surface area contributed by atoms with E-state index >= 15 is 0 Å². The molecule has 1 saturated heterocycles. The maximum Gasteiger partial charge on any atom is 0.248 e. The van der Waals surface area contributed by atoms with Gasteiger partial charge in [0.15, 0.2) is 10.7 Å². The molecule has 0 bridgehead atoms. The van der Waals surface area contributed by atoms with Gasteiger partial charge in [-0.05, 0) is 51.8 Å². The highest BCUT2D eigenvalue weighted by Crippen LogP contribution is 2.29. The van der Waals surface area contributed by atoms with Gasteiger partial charge in [0, 0.05) is 24.7 Å². The summed E-state index contributed by atoms with van der Waals surface area (Å²) in [5.74, 6) is -0.950. The van der Waals surface area contributed by atoms with Crippen molar-refractivity contribution in [2.45, 2.75) is 44.6 Å². The molecule has 1 fully saturated rings. The average molecular weight is 436 g/mol. The lowest BCUT2D eigenvalue weighted by molar-refractivity contribution is -0.126. The molecule has 2 heterocycles. The summed E-state index contributed by atoms with van der Waals surface area (Å²) in [4.78, 5) is 12.3. The SMILES string of the molecule is Cc1noc(C=Cc2ccccc2F)c1S(=O)(=O)N1CCCC(C(=O)NC(C)C)C1. The van der Waals surface area contributed by atoms with E-state index in [1.165, 1.54) is 22.5 Å². The lowest BCUT2D eigenvalue weighted by Crippen LogP contribution is -2.46. The van der Waals surface area contributed by atoms with Crippen molar-refractivity contribution in [3.63, 3.8) is 0 Å². The van der Waals surface area contributed by atoms with Crippen LogP contribution in [0.25, 0.3) is 12.2 Å². The van der Waals surface area contributed by atoms with Crippen LogP contribution in [0.15, 0.2) is 33.7 Å². The lowest BCUT2D eigenvalue weighted by atomic mass is 9.98. The van der Waals surface area contributed by atoms with Gasteiger partial charge in [-0.3, -0.25) is 4.79 Å². The fraction of sp³-hybridized carbons (Fsp3) is 0.429. The predicted octanol–water partition coefficient (Wildman–Crippen LogP) is 3.22. The molecule has 1 N–H and O–H groups in total. The van der Waals surface area contributed by atoms with Crippen LogP contribution < -0.4 is 5.32 Å². The number of nitrogens with one attached hydrogen (secondary N) is 1. The molecule has 0 saturated carbocycles. The van der Waals surface area contributed by atoms with Crippen LogP contribution in [0.3, 0.4) is 0 Å². The number of carbonyl (C=O) groups is 1. The Balaban J connectivity index is 1.87. The van der Waals surface area contributed by atoms with Crippen LogP contribution in [0.5, 0.6) is 0 Å². The highest BCUT2D eigenvalue weighted by molar-refractivity contribution is 7.89. The minimum Gasteiger partial charge on any atom is -0.355 e. The van der Waals surface area contributed by atoms with Gasteiger partial charge in [-0.2, -0.15) is 4.31 Å². The van der Waals surface area contributed by atoms with E-state index in [1.807, 2.05) is 13.8 Å². The summed E-state index contributed by atoms with van der Waals surface area (Å²) in [5, 5.41) is 6.65. The molecule has 2 aromatic rings. The Labute approximate surface area is 176 Å². The van der Waals surface area contributed by atoms with Crippen molar-refractivity contribution >= 4 is 28.1 Å². The number of hydrogen-bond acceptors (Lipinski definition) is 5. The molecule has 1 atom stereocenters. The van der Waals surface area contributed by atoms with Crippen LogP contribution in [0.2, 0.25) is 0 Å². The molecule has 162 valence electrons. The zero-order valence-corrected chi connectivity index (χ0v) is 18.1. The van der Waals surface area contributed by atoms with E-state index in [0.29, 0.717) is 24.9 Å². The maximum atomic E-state index is 13.9. The van der Waals surface area contributed by atoms with Crippen molar-refractivity contribution in [3.05, 3.63) is 47.1 Å². The van der Waals surface area contributed by atoms with E-state index in [2.05, 4.69) is 10.5 Å². The fourth-order valence-corrected chi connectivity index (χ4v) is 5.25. The summed E-state index contributed by atoms with van der Waals surface area (Å²) in [5.41, 5.74) is 0.523. The molecule has 1 aliphatic rings. The summed E-state index contributed by atoms with van der Waals surface area (Å²) in [6, 6.07) is 6.14. The minimum absolute atomic E-state index is 0.0140. The van der Waals surface area contributed by atoms with Crippen LogP contribution in [0.1, 0.15) is 43.7 Å². The van der Waals surface area contributed by atoms with Crippen molar-refractivity contribution in [2.75, 3.05) is 13.1 Å². The van der Waals surface area contributed by atoms with E-state index in [4.69, 9.17) is 4.52 Å². The molecule has 0 radical (unpaired) electrons. The Hall–Kier alpha value is -2.52. The van der Waals surface area contributed by atoms with Crippen molar-refractivity contribution in [1.82, 2.24) is 14.8 Å². The van der Waals surface area contributed by atoms with E-state index in [1.54, 1.807) is 25.1 Å². The molecule has 7 nitrogen and oxygen atoms in total. The molecule has 0 spiro atoms. The smallest absolute Gasteiger partial charge is 0.248 e. The third kappa shape index (κ3) is 4.79. The number of aromatic nitrogens is 1. The summed E-state index contributed by atoms with van der Waals surface area (Å²) in [7, 11) is -3.94. The van der Waals surface area contributed by atoms with E-state index in [9.17, 15) is 17.6 Å². The number of sulfonamides is 1. The Morgan fingerprint density at radius 3 is 2.77 bits per heavy atom. The average Bonchev–Trinajstić information content (AvgIpc) is 3.08. The van der Waals surface area contributed by atoms with Crippen LogP contribution >= 0.6 is 0 Å². The predicted molar refractivity (Wildman–Crippen MR) is 111 cm³/mol. The minimum atomic E-state index is -3.94. The Kier molecular flexibility index (Phi) is 6.72. The normalized spacial score (nSPS) is 18.2. The lowest BCUT2D eigenvalue weighted by Gasteiger charge is -2.31. The van der Waals surface area contributed by atoms with E-state index in [-0.39, 0.29) is 34.8 Å². The molecule has 3 rings (SSSR count). The van der Waals surface area contributed by atoms with Crippen molar-refractivity contribution < 1.29 is 22.1 Å². The van der Waals surface area contributed by atoms with Crippen LogP contribution in [0.4, 0.5) is 4.39 Å². The molecule has 1 aromatic carbocycles. The standard InChI is InChI=1S/C21H26FN3O4S/c1-14(2)23-21(26)17-8-6-12-25(13-17)30(27,28)20-15(3)24-29-19(20)11-10-16-7-4-5-9-18(16)22/h4-5,7,9-11,14,17H,6,8,12-13H2,1-3H3,(H,23,26). The van der Waals surface area contributed by atoms with Gasteiger partial charge in [0.2, 0.25) is 15.9 Å². The first-order valence-electron chi connectivity index (χ1n) is 9.89. The molecular formula is C21H26FN3O4S. The van der Waals surface area contributed by atoms with Gasteiger partial charge in [0.25, 0.3) is 0 Å². The number of amides is 1. The molecule has 30 heavy (non-hydrogen) atoms. The first kappa shape index (κ1) is 22.2. The topological polar surface area (TPSA) is 92.5 Å². The largest absolute Gasteiger partial charge is 0.355 e. The Bertz CT molecular complexity index is 1050. The van der Waals surface area contributed by atoms with Gasteiger partial charge in [0.1, 0.15) is 11.5 Å². The van der Waals surface area contributed by atoms with Crippen LogP contribution in [-0.2, 0) is 14.8 Å². The maximum absolute atomic E-state index is 13.9. The van der Waals surface area contributed by atoms with Crippen LogP contribution in [-0.4, -0.2) is 42.9 Å². The summed E-state index contributed by atoms with van der Waals surface area (Å²) in [6.07, 6.45) is 4.06. The second-order valence-electron chi connectivity index (χ2n) is 7.68. The first-order valence-corrected chi connectivity index (χ1v) is 11.3. The molecular weight excluding hydrogens is 409 g/mol.